The molecule has 1 amide bonds. The van der Waals surface area contributed by atoms with E-state index in [1.165, 1.54) is 6.07 Å². The van der Waals surface area contributed by atoms with Gasteiger partial charge in [-0.25, -0.2) is 4.39 Å². The number of fused-ring (bicyclic) bond motifs is 1. The number of rotatable bonds is 3. The second kappa shape index (κ2) is 6.02. The van der Waals surface area contributed by atoms with Gasteiger partial charge >= 0.3 is 0 Å². The Kier molecular flexibility index (Phi) is 4.10. The maximum absolute atomic E-state index is 14.2. The number of carbonyl (C=O) groups excluding carboxylic acids is 1. The molecular formula is C16H21FN2O2. The van der Waals surface area contributed by atoms with Crippen LogP contribution in [0.15, 0.2) is 12.1 Å². The molecule has 114 valence electrons. The van der Waals surface area contributed by atoms with Crippen LogP contribution in [0, 0.1) is 5.82 Å². The molecule has 0 saturated carbocycles. The second-order valence-corrected chi connectivity index (χ2v) is 5.80. The normalized spacial score (nSPS) is 25.1. The number of benzene rings is 1. The van der Waals surface area contributed by atoms with E-state index in [-0.39, 0.29) is 23.9 Å². The summed E-state index contributed by atoms with van der Waals surface area (Å²) in [5, 5.41) is 6.09. The third kappa shape index (κ3) is 3.18. The first kappa shape index (κ1) is 14.3. The maximum atomic E-state index is 14.2. The van der Waals surface area contributed by atoms with Crippen molar-refractivity contribution in [1.29, 1.82) is 0 Å². The molecule has 3 rings (SSSR count). The van der Waals surface area contributed by atoms with Gasteiger partial charge in [0, 0.05) is 24.8 Å². The lowest BCUT2D eigenvalue weighted by Gasteiger charge is -2.30. The largest absolute Gasteiger partial charge is 0.380 e. The molecule has 2 N–H and O–H groups in total. The number of ether oxygens (including phenoxy) is 1. The lowest BCUT2D eigenvalue weighted by molar-refractivity contribution is -0.116. The van der Waals surface area contributed by atoms with Crippen LogP contribution < -0.4 is 10.6 Å². The number of nitrogens with one attached hydrogen (secondary N) is 2. The van der Waals surface area contributed by atoms with Gasteiger partial charge in [-0.05, 0) is 43.4 Å². The average Bonchev–Trinajstić information content (AvgIpc) is 2.49. The van der Waals surface area contributed by atoms with E-state index in [1.807, 2.05) is 0 Å². The summed E-state index contributed by atoms with van der Waals surface area (Å²) in [4.78, 5) is 11.5. The molecule has 0 aliphatic carbocycles. The Morgan fingerprint density at radius 2 is 2.29 bits per heavy atom. The first-order valence-corrected chi connectivity index (χ1v) is 7.66. The van der Waals surface area contributed by atoms with Crippen molar-refractivity contribution in [3.63, 3.8) is 0 Å². The molecule has 1 saturated heterocycles. The Labute approximate surface area is 124 Å². The summed E-state index contributed by atoms with van der Waals surface area (Å²) in [5.41, 5.74) is 2.07. The minimum Gasteiger partial charge on any atom is -0.380 e. The van der Waals surface area contributed by atoms with Crippen LogP contribution in [0.2, 0.25) is 0 Å². The number of amides is 1. The molecule has 2 unspecified atom stereocenters. The van der Waals surface area contributed by atoms with E-state index >= 15 is 0 Å². The summed E-state index contributed by atoms with van der Waals surface area (Å²) in [5.74, 6) is -0.249. The molecule has 0 bridgehead atoms. The van der Waals surface area contributed by atoms with Gasteiger partial charge in [-0.2, -0.15) is 0 Å². The molecule has 5 heteroatoms. The van der Waals surface area contributed by atoms with E-state index in [1.54, 1.807) is 6.07 Å². The Hall–Kier alpha value is -1.62. The molecule has 1 fully saturated rings. The topological polar surface area (TPSA) is 50.4 Å². The van der Waals surface area contributed by atoms with Crippen LogP contribution >= 0.6 is 0 Å². The van der Waals surface area contributed by atoms with Crippen LogP contribution in [0.25, 0.3) is 0 Å². The maximum Gasteiger partial charge on any atom is 0.224 e. The number of halogens is 1. The molecule has 2 aliphatic heterocycles. The number of hydrogen-bond donors (Lipinski definition) is 2. The molecule has 2 atom stereocenters. The van der Waals surface area contributed by atoms with E-state index in [9.17, 15) is 9.18 Å². The minimum atomic E-state index is -0.246. The van der Waals surface area contributed by atoms with Crippen LogP contribution in [0.3, 0.4) is 0 Å². The second-order valence-electron chi connectivity index (χ2n) is 5.80. The molecule has 21 heavy (non-hydrogen) atoms. The molecule has 1 aromatic rings. The van der Waals surface area contributed by atoms with Gasteiger partial charge in [-0.1, -0.05) is 6.92 Å². The quantitative estimate of drug-likeness (QED) is 0.900. The fourth-order valence-corrected chi connectivity index (χ4v) is 3.02. The third-order valence-corrected chi connectivity index (χ3v) is 4.27. The summed E-state index contributed by atoms with van der Waals surface area (Å²) in [7, 11) is 0. The molecular weight excluding hydrogens is 271 g/mol. The van der Waals surface area contributed by atoms with Gasteiger partial charge in [0.05, 0.1) is 11.8 Å². The average molecular weight is 292 g/mol. The molecule has 1 aromatic carbocycles. The van der Waals surface area contributed by atoms with Crippen LogP contribution in [0.5, 0.6) is 0 Å². The van der Waals surface area contributed by atoms with Crippen molar-refractivity contribution >= 4 is 17.3 Å². The highest BCUT2D eigenvalue weighted by atomic mass is 19.1. The standard InChI is InChI=1S/C16H21FN2O2/c1-2-12-8-11(5-6-21-12)18-15-9-14-10(7-13(15)17)3-4-16(20)19-14/h7,9,11-12,18H,2-6,8H2,1H3,(H,19,20). The number of anilines is 2. The van der Waals surface area contributed by atoms with E-state index in [4.69, 9.17) is 4.74 Å². The SMILES string of the molecule is CCC1CC(Nc2cc3c(cc2F)CCC(=O)N3)CCO1. The van der Waals surface area contributed by atoms with Gasteiger partial charge in [0.2, 0.25) is 5.91 Å². The lowest BCUT2D eigenvalue weighted by atomic mass is 9.99. The molecule has 0 spiro atoms. The zero-order valence-corrected chi connectivity index (χ0v) is 12.2. The highest BCUT2D eigenvalue weighted by Crippen LogP contribution is 2.30. The smallest absolute Gasteiger partial charge is 0.224 e. The Morgan fingerprint density at radius 3 is 3.10 bits per heavy atom. The van der Waals surface area contributed by atoms with E-state index in [2.05, 4.69) is 17.6 Å². The van der Waals surface area contributed by atoms with Gasteiger partial charge in [-0.15, -0.1) is 0 Å². The van der Waals surface area contributed by atoms with Crippen molar-refractivity contribution in [2.75, 3.05) is 17.2 Å². The van der Waals surface area contributed by atoms with Gasteiger partial charge in [0.1, 0.15) is 5.82 Å². The monoisotopic (exact) mass is 292 g/mol. The molecule has 4 nitrogen and oxygen atoms in total. The van der Waals surface area contributed by atoms with E-state index < -0.39 is 0 Å². The first-order valence-electron chi connectivity index (χ1n) is 7.66. The Balaban J connectivity index is 1.76. The number of carbonyl (C=O) groups is 1. The predicted molar refractivity (Wildman–Crippen MR) is 80.0 cm³/mol. The van der Waals surface area contributed by atoms with Crippen LogP contribution in [0.4, 0.5) is 15.8 Å². The van der Waals surface area contributed by atoms with Crippen molar-refractivity contribution in [3.05, 3.63) is 23.5 Å². The Morgan fingerprint density at radius 1 is 1.43 bits per heavy atom. The number of hydrogen-bond acceptors (Lipinski definition) is 3. The van der Waals surface area contributed by atoms with E-state index in [0.29, 0.717) is 25.1 Å². The fourth-order valence-electron chi connectivity index (χ4n) is 3.02. The van der Waals surface area contributed by atoms with Gasteiger partial charge < -0.3 is 15.4 Å². The third-order valence-electron chi connectivity index (χ3n) is 4.27. The van der Waals surface area contributed by atoms with Gasteiger partial charge in [0.15, 0.2) is 0 Å². The summed E-state index contributed by atoms with van der Waals surface area (Å²) < 4.78 is 19.8. The van der Waals surface area contributed by atoms with Gasteiger partial charge in [-0.3, -0.25) is 4.79 Å². The van der Waals surface area contributed by atoms with Crippen LogP contribution in [0.1, 0.15) is 38.2 Å². The zero-order chi connectivity index (χ0) is 14.8. The summed E-state index contributed by atoms with van der Waals surface area (Å²) in [6, 6.07) is 3.47. The Bertz CT molecular complexity index is 547. The summed E-state index contributed by atoms with van der Waals surface area (Å²) in [6.45, 7) is 2.81. The summed E-state index contributed by atoms with van der Waals surface area (Å²) >= 11 is 0. The van der Waals surface area contributed by atoms with E-state index in [0.717, 1.165) is 30.5 Å². The van der Waals surface area contributed by atoms with Crippen molar-refractivity contribution in [3.8, 4) is 0 Å². The van der Waals surface area contributed by atoms with Crippen molar-refractivity contribution in [1.82, 2.24) is 0 Å². The van der Waals surface area contributed by atoms with Gasteiger partial charge in [0.25, 0.3) is 0 Å². The van der Waals surface area contributed by atoms with Crippen molar-refractivity contribution < 1.29 is 13.9 Å². The van der Waals surface area contributed by atoms with Crippen molar-refractivity contribution in [2.45, 2.75) is 51.2 Å². The fraction of sp³-hybridized carbons (Fsp3) is 0.562. The minimum absolute atomic E-state index is 0.00262. The highest BCUT2D eigenvalue weighted by molar-refractivity contribution is 5.94. The summed E-state index contributed by atoms with van der Waals surface area (Å²) in [6.07, 6.45) is 4.02. The predicted octanol–water partition coefficient (Wildman–Crippen LogP) is 3.08. The molecule has 2 aliphatic rings. The first-order chi connectivity index (χ1) is 10.2. The zero-order valence-electron chi connectivity index (χ0n) is 12.2. The molecule has 0 radical (unpaired) electrons. The molecule has 2 heterocycles. The van der Waals surface area contributed by atoms with Crippen molar-refractivity contribution in [2.24, 2.45) is 0 Å². The molecule has 0 aromatic heterocycles. The number of aryl methyl sites for hydroxylation is 1. The van der Waals surface area contributed by atoms with Crippen LogP contribution in [-0.2, 0) is 16.0 Å². The lowest BCUT2D eigenvalue weighted by Crippen LogP contribution is -2.34. The van der Waals surface area contributed by atoms with Crippen LogP contribution in [-0.4, -0.2) is 24.7 Å². The highest BCUT2D eigenvalue weighted by Gasteiger charge is 2.23.